The monoisotopic (exact) mass is 242 g/mol. The maximum absolute atomic E-state index is 11.7. The Morgan fingerprint density at radius 2 is 1.78 bits per heavy atom. The molecule has 1 aliphatic rings. The molecule has 0 bridgehead atoms. The van der Waals surface area contributed by atoms with Crippen molar-refractivity contribution < 1.29 is 19.7 Å². The molecule has 1 heterocycles. The average Bonchev–Trinajstić information content (AvgIpc) is 2.68. The van der Waals surface area contributed by atoms with Crippen molar-refractivity contribution in [1.82, 2.24) is 0 Å². The van der Waals surface area contributed by atoms with Crippen LogP contribution in [0, 0.1) is 0 Å². The number of fused-ring (bicyclic) bond motifs is 1. The number of carbonyl (C=O) groups is 1. The number of benzene rings is 2. The van der Waals surface area contributed by atoms with Gasteiger partial charge in [0.05, 0.1) is 5.56 Å². The number of phenolic OH excluding ortho intramolecular Hbond substituents is 2. The Hall–Kier alpha value is -2.49. The van der Waals surface area contributed by atoms with Gasteiger partial charge >= 0.3 is 5.97 Å². The molecule has 90 valence electrons. The van der Waals surface area contributed by atoms with E-state index in [1.54, 1.807) is 24.3 Å². The van der Waals surface area contributed by atoms with Gasteiger partial charge in [-0.2, -0.15) is 0 Å². The lowest BCUT2D eigenvalue weighted by Crippen LogP contribution is -2.00. The number of aromatic hydroxyl groups is 2. The third-order valence-electron chi connectivity index (χ3n) is 2.98. The minimum absolute atomic E-state index is 0.0335. The number of carbonyl (C=O) groups excluding carboxylic acids is 1. The Bertz CT molecular complexity index is 633. The molecule has 0 saturated carbocycles. The zero-order chi connectivity index (χ0) is 12.7. The normalized spacial score (nSPS) is 17.3. The third-order valence-corrected chi connectivity index (χ3v) is 2.98. The van der Waals surface area contributed by atoms with E-state index >= 15 is 0 Å². The summed E-state index contributed by atoms with van der Waals surface area (Å²) >= 11 is 0. The lowest BCUT2D eigenvalue weighted by atomic mass is 9.98. The molecule has 0 aromatic heterocycles. The molecule has 0 radical (unpaired) electrons. The molecule has 0 fully saturated rings. The molecule has 0 aliphatic carbocycles. The Morgan fingerprint density at radius 1 is 1.00 bits per heavy atom. The number of hydrogen-bond donors (Lipinski definition) is 2. The van der Waals surface area contributed by atoms with E-state index in [1.165, 1.54) is 12.1 Å². The quantitative estimate of drug-likeness (QED) is 0.753. The van der Waals surface area contributed by atoms with Gasteiger partial charge < -0.3 is 14.9 Å². The minimum Gasteiger partial charge on any atom is -0.508 e. The average molecular weight is 242 g/mol. The Morgan fingerprint density at radius 3 is 2.56 bits per heavy atom. The third kappa shape index (κ3) is 1.50. The number of rotatable bonds is 1. The second-order valence-electron chi connectivity index (χ2n) is 4.12. The van der Waals surface area contributed by atoms with Gasteiger partial charge in [-0.15, -0.1) is 0 Å². The molecule has 1 unspecified atom stereocenters. The van der Waals surface area contributed by atoms with Crippen molar-refractivity contribution in [3.05, 3.63) is 59.2 Å². The second kappa shape index (κ2) is 3.77. The molecule has 4 nitrogen and oxygen atoms in total. The Labute approximate surface area is 103 Å². The summed E-state index contributed by atoms with van der Waals surface area (Å²) in [7, 11) is 0. The lowest BCUT2D eigenvalue weighted by Gasteiger charge is -2.12. The summed E-state index contributed by atoms with van der Waals surface area (Å²) in [6.07, 6.45) is -0.616. The molecule has 2 aromatic carbocycles. The van der Waals surface area contributed by atoms with Crippen LogP contribution in [0.5, 0.6) is 11.5 Å². The first-order chi connectivity index (χ1) is 8.66. The van der Waals surface area contributed by atoms with Crippen molar-refractivity contribution in [3.63, 3.8) is 0 Å². The van der Waals surface area contributed by atoms with Crippen molar-refractivity contribution in [1.29, 1.82) is 0 Å². The molecule has 1 atom stereocenters. The van der Waals surface area contributed by atoms with Crippen molar-refractivity contribution in [3.8, 4) is 11.5 Å². The molecule has 0 spiro atoms. The van der Waals surface area contributed by atoms with Gasteiger partial charge in [0.2, 0.25) is 0 Å². The zero-order valence-electron chi connectivity index (χ0n) is 9.33. The molecule has 0 saturated heterocycles. The molecule has 3 rings (SSSR count). The lowest BCUT2D eigenvalue weighted by molar-refractivity contribution is 0.0453. The van der Waals surface area contributed by atoms with Crippen LogP contribution < -0.4 is 0 Å². The molecular weight excluding hydrogens is 232 g/mol. The number of esters is 1. The van der Waals surface area contributed by atoms with Crippen molar-refractivity contribution >= 4 is 5.97 Å². The summed E-state index contributed by atoms with van der Waals surface area (Å²) in [5.74, 6) is -0.526. The fourth-order valence-electron chi connectivity index (χ4n) is 2.13. The maximum atomic E-state index is 11.7. The molecule has 18 heavy (non-hydrogen) atoms. The highest BCUT2D eigenvalue weighted by Crippen LogP contribution is 2.40. The van der Waals surface area contributed by atoms with Crippen LogP contribution in [0.2, 0.25) is 0 Å². The summed E-state index contributed by atoms with van der Waals surface area (Å²) < 4.78 is 5.26. The maximum Gasteiger partial charge on any atom is 0.339 e. The predicted octanol–water partition coefficient (Wildman–Crippen LogP) is 2.36. The highest BCUT2D eigenvalue weighted by atomic mass is 16.5. The van der Waals surface area contributed by atoms with Gasteiger partial charge in [-0.1, -0.05) is 18.2 Å². The first-order valence-corrected chi connectivity index (χ1v) is 5.48. The fraction of sp³-hybridized carbons (Fsp3) is 0.0714. The number of ether oxygens (including phenoxy) is 1. The van der Waals surface area contributed by atoms with Crippen LogP contribution >= 0.6 is 0 Å². The molecule has 1 aliphatic heterocycles. The first kappa shape index (κ1) is 10.7. The smallest absolute Gasteiger partial charge is 0.339 e. The van der Waals surface area contributed by atoms with E-state index < -0.39 is 12.1 Å². The van der Waals surface area contributed by atoms with Gasteiger partial charge in [-0.25, -0.2) is 4.79 Å². The van der Waals surface area contributed by atoms with E-state index in [9.17, 15) is 15.0 Å². The van der Waals surface area contributed by atoms with Gasteiger partial charge in [0.1, 0.15) is 11.5 Å². The van der Waals surface area contributed by atoms with E-state index in [0.29, 0.717) is 11.1 Å². The summed E-state index contributed by atoms with van der Waals surface area (Å²) in [5, 5.41) is 19.1. The highest BCUT2D eigenvalue weighted by molar-refractivity contribution is 5.94. The Balaban J connectivity index is 2.12. The van der Waals surface area contributed by atoms with Gasteiger partial charge in [-0.3, -0.25) is 0 Å². The van der Waals surface area contributed by atoms with Crippen LogP contribution in [0.15, 0.2) is 42.5 Å². The summed E-state index contributed by atoms with van der Waals surface area (Å²) in [6.45, 7) is 0. The van der Waals surface area contributed by atoms with Crippen molar-refractivity contribution in [2.45, 2.75) is 6.10 Å². The van der Waals surface area contributed by atoms with Crippen LogP contribution in [0.4, 0.5) is 0 Å². The van der Waals surface area contributed by atoms with Crippen LogP contribution in [0.3, 0.4) is 0 Å². The molecule has 2 N–H and O–H groups in total. The molecule has 4 heteroatoms. The van der Waals surface area contributed by atoms with E-state index in [4.69, 9.17) is 4.74 Å². The second-order valence-corrected chi connectivity index (χ2v) is 4.12. The summed E-state index contributed by atoms with van der Waals surface area (Å²) in [4.78, 5) is 11.7. The van der Waals surface area contributed by atoms with E-state index in [0.717, 1.165) is 5.56 Å². The van der Waals surface area contributed by atoms with Crippen molar-refractivity contribution in [2.24, 2.45) is 0 Å². The summed E-state index contributed by atoms with van der Waals surface area (Å²) in [6, 6.07) is 11.3. The largest absolute Gasteiger partial charge is 0.508 e. The molecule has 0 amide bonds. The van der Waals surface area contributed by atoms with E-state index in [1.807, 2.05) is 6.07 Å². The van der Waals surface area contributed by atoms with Gasteiger partial charge in [0.15, 0.2) is 6.10 Å². The van der Waals surface area contributed by atoms with Gasteiger partial charge in [-0.05, 0) is 18.2 Å². The fourth-order valence-corrected chi connectivity index (χ4v) is 2.13. The van der Waals surface area contributed by atoms with Crippen LogP contribution in [-0.2, 0) is 4.74 Å². The van der Waals surface area contributed by atoms with Crippen LogP contribution in [0.25, 0.3) is 0 Å². The number of phenols is 2. The topological polar surface area (TPSA) is 66.8 Å². The van der Waals surface area contributed by atoms with Crippen LogP contribution in [0.1, 0.15) is 27.6 Å². The predicted molar refractivity (Wildman–Crippen MR) is 63.5 cm³/mol. The van der Waals surface area contributed by atoms with Gasteiger partial charge in [0, 0.05) is 17.2 Å². The SMILES string of the molecule is O=C1OC(c2ccc(O)cc2O)c2ccccc21. The highest BCUT2D eigenvalue weighted by Gasteiger charge is 2.33. The first-order valence-electron chi connectivity index (χ1n) is 5.48. The number of cyclic esters (lactones) is 1. The van der Waals surface area contributed by atoms with Gasteiger partial charge in [0.25, 0.3) is 0 Å². The van der Waals surface area contributed by atoms with Crippen LogP contribution in [-0.4, -0.2) is 16.2 Å². The summed E-state index contributed by atoms with van der Waals surface area (Å²) in [5.41, 5.74) is 1.70. The zero-order valence-corrected chi connectivity index (χ0v) is 9.33. The van der Waals surface area contributed by atoms with E-state index in [-0.39, 0.29) is 11.5 Å². The Kier molecular flexibility index (Phi) is 2.23. The molecule has 2 aromatic rings. The van der Waals surface area contributed by atoms with Crippen molar-refractivity contribution in [2.75, 3.05) is 0 Å². The standard InChI is InChI=1S/C14H10O4/c15-8-5-6-11(12(16)7-8)13-9-3-1-2-4-10(9)14(17)18-13/h1-7,13,15-16H. The minimum atomic E-state index is -0.616. The van der Waals surface area contributed by atoms with E-state index in [2.05, 4.69) is 0 Å². The number of hydrogen-bond acceptors (Lipinski definition) is 4. The molecular formula is C14H10O4.